The molecule has 0 bridgehead atoms. The Morgan fingerprint density at radius 1 is 1.28 bits per heavy atom. The number of nitrogens with one attached hydrogen (secondary N) is 1. The normalized spacial score (nSPS) is 21.1. The molecular formula is C17H28ClN3O3S. The quantitative estimate of drug-likeness (QED) is 0.823. The minimum Gasteiger partial charge on any atom is -0.336 e. The van der Waals surface area contributed by atoms with Crippen LogP contribution in [0.2, 0.25) is 0 Å². The summed E-state index contributed by atoms with van der Waals surface area (Å²) in [4.78, 5) is 14.6. The molecule has 1 fully saturated rings. The number of rotatable bonds is 4. The molecule has 2 unspecified atom stereocenters. The molecule has 1 heterocycles. The average molecular weight is 390 g/mol. The van der Waals surface area contributed by atoms with Crippen molar-refractivity contribution in [1.82, 2.24) is 9.62 Å². The van der Waals surface area contributed by atoms with Crippen molar-refractivity contribution in [3.8, 4) is 0 Å². The van der Waals surface area contributed by atoms with Crippen LogP contribution in [0.5, 0.6) is 0 Å². The summed E-state index contributed by atoms with van der Waals surface area (Å²) in [6.45, 7) is 8.59. The Kier molecular flexibility index (Phi) is 7.03. The first-order valence-electron chi connectivity index (χ1n) is 8.18. The number of hydrogen-bond donors (Lipinski definition) is 2. The lowest BCUT2D eigenvalue weighted by molar-refractivity contribution is 0.0743. The van der Waals surface area contributed by atoms with E-state index in [0.29, 0.717) is 24.6 Å². The largest absolute Gasteiger partial charge is 0.336 e. The Morgan fingerprint density at radius 2 is 1.84 bits per heavy atom. The van der Waals surface area contributed by atoms with E-state index >= 15 is 0 Å². The molecule has 0 aliphatic carbocycles. The molecular weight excluding hydrogens is 362 g/mol. The number of carbonyl (C=O) groups excluding carboxylic acids is 1. The Morgan fingerprint density at radius 3 is 2.28 bits per heavy atom. The molecule has 25 heavy (non-hydrogen) atoms. The first kappa shape index (κ1) is 21.9. The van der Waals surface area contributed by atoms with Gasteiger partial charge in [0.1, 0.15) is 0 Å². The number of likely N-dealkylation sites (tertiary alicyclic amines) is 1. The topological polar surface area (TPSA) is 92.5 Å². The molecule has 0 spiro atoms. The zero-order valence-corrected chi connectivity index (χ0v) is 16.8. The highest BCUT2D eigenvalue weighted by Crippen LogP contribution is 2.24. The van der Waals surface area contributed by atoms with Gasteiger partial charge in [0.25, 0.3) is 5.91 Å². The van der Waals surface area contributed by atoms with Crippen molar-refractivity contribution in [3.63, 3.8) is 0 Å². The van der Waals surface area contributed by atoms with Crippen LogP contribution >= 0.6 is 12.4 Å². The van der Waals surface area contributed by atoms with Crippen molar-refractivity contribution in [1.29, 1.82) is 0 Å². The molecule has 6 nitrogen and oxygen atoms in total. The predicted octanol–water partition coefficient (Wildman–Crippen LogP) is 1.99. The average Bonchev–Trinajstić information content (AvgIpc) is 2.85. The molecule has 1 amide bonds. The van der Waals surface area contributed by atoms with Crippen molar-refractivity contribution in [2.24, 2.45) is 11.7 Å². The van der Waals surface area contributed by atoms with Crippen LogP contribution in [-0.2, 0) is 10.0 Å². The van der Waals surface area contributed by atoms with Crippen LogP contribution in [0.1, 0.15) is 44.5 Å². The Balaban J connectivity index is 0.00000312. The van der Waals surface area contributed by atoms with Gasteiger partial charge in [-0.2, -0.15) is 0 Å². The maximum absolute atomic E-state index is 12.6. The van der Waals surface area contributed by atoms with Gasteiger partial charge in [0.15, 0.2) is 0 Å². The summed E-state index contributed by atoms with van der Waals surface area (Å²) in [5.74, 6) is 0.255. The van der Waals surface area contributed by atoms with Gasteiger partial charge in [0.2, 0.25) is 10.0 Å². The van der Waals surface area contributed by atoms with E-state index in [9.17, 15) is 13.2 Å². The summed E-state index contributed by atoms with van der Waals surface area (Å²) >= 11 is 0. The highest BCUT2D eigenvalue weighted by atomic mass is 35.5. The SMILES string of the molecule is CC1CC(CN)CN1C(=O)c1ccc(S(=O)(=O)NC(C)(C)C)cc1.Cl. The summed E-state index contributed by atoms with van der Waals surface area (Å²) in [6.07, 6.45) is 0.907. The second kappa shape index (κ2) is 8.03. The fourth-order valence-corrected chi connectivity index (χ4v) is 4.42. The molecule has 1 aromatic rings. The van der Waals surface area contributed by atoms with Crippen molar-refractivity contribution in [3.05, 3.63) is 29.8 Å². The van der Waals surface area contributed by atoms with Gasteiger partial charge >= 0.3 is 0 Å². The van der Waals surface area contributed by atoms with E-state index in [-0.39, 0.29) is 29.3 Å². The maximum Gasteiger partial charge on any atom is 0.254 e. The van der Waals surface area contributed by atoms with Gasteiger partial charge in [-0.3, -0.25) is 4.79 Å². The zero-order chi connectivity index (χ0) is 18.1. The molecule has 1 aromatic carbocycles. The highest BCUT2D eigenvalue weighted by Gasteiger charge is 2.32. The molecule has 8 heteroatoms. The fraction of sp³-hybridized carbons (Fsp3) is 0.588. The third-order valence-electron chi connectivity index (χ3n) is 4.11. The van der Waals surface area contributed by atoms with Crippen LogP contribution in [0.25, 0.3) is 0 Å². The van der Waals surface area contributed by atoms with Crippen LogP contribution in [-0.4, -0.2) is 43.9 Å². The number of sulfonamides is 1. The summed E-state index contributed by atoms with van der Waals surface area (Å²) in [6, 6.07) is 6.24. The number of amides is 1. The van der Waals surface area contributed by atoms with Crippen LogP contribution in [0.3, 0.4) is 0 Å². The van der Waals surface area contributed by atoms with Gasteiger partial charge < -0.3 is 10.6 Å². The Bertz CT molecular complexity index is 699. The third-order valence-corrected chi connectivity index (χ3v) is 5.88. The number of halogens is 1. The van der Waals surface area contributed by atoms with E-state index in [1.54, 1.807) is 32.9 Å². The molecule has 1 aliphatic heterocycles. The summed E-state index contributed by atoms with van der Waals surface area (Å²) in [5.41, 5.74) is 5.64. The predicted molar refractivity (Wildman–Crippen MR) is 101 cm³/mol. The van der Waals surface area contributed by atoms with Crippen molar-refractivity contribution in [2.45, 2.75) is 50.6 Å². The molecule has 0 radical (unpaired) electrons. The number of benzene rings is 1. The fourth-order valence-electron chi connectivity index (χ4n) is 3.00. The van der Waals surface area contributed by atoms with Crippen molar-refractivity contribution >= 4 is 28.3 Å². The van der Waals surface area contributed by atoms with E-state index in [2.05, 4.69) is 4.72 Å². The first-order valence-corrected chi connectivity index (χ1v) is 9.67. The van der Waals surface area contributed by atoms with Gasteiger partial charge in [0, 0.05) is 23.7 Å². The lowest BCUT2D eigenvalue weighted by Gasteiger charge is -2.22. The second-order valence-electron chi connectivity index (χ2n) is 7.52. The Hall–Kier alpha value is -1.15. The van der Waals surface area contributed by atoms with E-state index in [4.69, 9.17) is 5.73 Å². The first-order chi connectivity index (χ1) is 11.0. The van der Waals surface area contributed by atoms with Crippen LogP contribution in [0, 0.1) is 5.92 Å². The van der Waals surface area contributed by atoms with Gasteiger partial charge in [-0.05, 0) is 70.8 Å². The summed E-state index contributed by atoms with van der Waals surface area (Å²) in [7, 11) is -3.59. The number of hydrogen-bond acceptors (Lipinski definition) is 4. The van der Waals surface area contributed by atoms with Gasteiger partial charge in [0.05, 0.1) is 4.90 Å². The molecule has 0 saturated carbocycles. The summed E-state index contributed by atoms with van der Waals surface area (Å²) in [5, 5.41) is 0. The molecule has 142 valence electrons. The molecule has 3 N–H and O–H groups in total. The van der Waals surface area contributed by atoms with Crippen LogP contribution in [0.4, 0.5) is 0 Å². The molecule has 2 atom stereocenters. The summed E-state index contributed by atoms with van der Waals surface area (Å²) < 4.78 is 27.2. The van der Waals surface area contributed by atoms with Gasteiger partial charge in [-0.25, -0.2) is 13.1 Å². The molecule has 1 aliphatic rings. The van der Waals surface area contributed by atoms with E-state index in [1.807, 2.05) is 11.8 Å². The number of carbonyl (C=O) groups is 1. The van der Waals surface area contributed by atoms with Crippen LogP contribution in [0.15, 0.2) is 29.2 Å². The minimum atomic E-state index is -3.59. The minimum absolute atomic E-state index is 0. The molecule has 0 aromatic heterocycles. The van der Waals surface area contributed by atoms with Crippen molar-refractivity contribution in [2.75, 3.05) is 13.1 Å². The lowest BCUT2D eigenvalue weighted by atomic mass is 10.1. The standard InChI is InChI=1S/C17H27N3O3S.ClH/c1-12-9-13(10-18)11-20(12)16(21)14-5-7-15(8-6-14)24(22,23)19-17(2,3)4;/h5-8,12-13,19H,9-11,18H2,1-4H3;1H. The molecule has 2 rings (SSSR count). The monoisotopic (exact) mass is 389 g/mol. The highest BCUT2D eigenvalue weighted by molar-refractivity contribution is 7.89. The zero-order valence-electron chi connectivity index (χ0n) is 15.2. The Labute approximate surface area is 156 Å². The smallest absolute Gasteiger partial charge is 0.254 e. The lowest BCUT2D eigenvalue weighted by Crippen LogP contribution is -2.40. The van der Waals surface area contributed by atoms with Crippen molar-refractivity contribution < 1.29 is 13.2 Å². The second-order valence-corrected chi connectivity index (χ2v) is 9.21. The van der Waals surface area contributed by atoms with Gasteiger partial charge in [-0.1, -0.05) is 0 Å². The number of nitrogens with two attached hydrogens (primary N) is 1. The van der Waals surface area contributed by atoms with E-state index in [0.717, 1.165) is 6.42 Å². The van der Waals surface area contributed by atoms with Gasteiger partial charge in [-0.15, -0.1) is 12.4 Å². The number of nitrogens with zero attached hydrogens (tertiary/aromatic N) is 1. The van der Waals surface area contributed by atoms with Crippen LogP contribution < -0.4 is 10.5 Å². The van der Waals surface area contributed by atoms with E-state index in [1.165, 1.54) is 12.1 Å². The van der Waals surface area contributed by atoms with E-state index < -0.39 is 15.6 Å². The molecule has 1 saturated heterocycles. The third kappa shape index (κ3) is 5.41. The maximum atomic E-state index is 12.6.